The first-order valence-corrected chi connectivity index (χ1v) is 7.62. The van der Waals surface area contributed by atoms with E-state index in [1.165, 1.54) is 0 Å². The highest BCUT2D eigenvalue weighted by molar-refractivity contribution is 5.75. The fourth-order valence-corrected chi connectivity index (χ4v) is 3.30. The first kappa shape index (κ1) is 16.1. The summed E-state index contributed by atoms with van der Waals surface area (Å²) in [5.74, 6) is -0.785. The minimum Gasteiger partial charge on any atom is -0.480 e. The third-order valence-electron chi connectivity index (χ3n) is 4.60. The molecule has 21 heavy (non-hydrogen) atoms. The summed E-state index contributed by atoms with van der Waals surface area (Å²) < 4.78 is 5.41. The Balaban J connectivity index is 2.01. The molecule has 6 nitrogen and oxygen atoms in total. The highest BCUT2D eigenvalue weighted by atomic mass is 16.6. The highest BCUT2D eigenvalue weighted by Gasteiger charge is 2.56. The van der Waals surface area contributed by atoms with Gasteiger partial charge in [0.1, 0.15) is 11.6 Å². The van der Waals surface area contributed by atoms with Gasteiger partial charge in [0, 0.05) is 18.5 Å². The summed E-state index contributed by atoms with van der Waals surface area (Å²) in [5.41, 5.74) is 5.03. The van der Waals surface area contributed by atoms with Gasteiger partial charge >= 0.3 is 12.1 Å². The van der Waals surface area contributed by atoms with Gasteiger partial charge in [-0.1, -0.05) is 0 Å². The van der Waals surface area contributed by atoms with Gasteiger partial charge in [-0.05, 0) is 52.4 Å². The minimum atomic E-state index is -0.943. The van der Waals surface area contributed by atoms with Crippen LogP contribution in [0.25, 0.3) is 0 Å². The Morgan fingerprint density at radius 2 is 2.00 bits per heavy atom. The lowest BCUT2D eigenvalue weighted by Gasteiger charge is -2.39. The number of aliphatic carboxylic acids is 1. The van der Waals surface area contributed by atoms with E-state index < -0.39 is 17.6 Å². The van der Waals surface area contributed by atoms with Gasteiger partial charge < -0.3 is 20.5 Å². The number of carboxylic acids is 1. The van der Waals surface area contributed by atoms with Gasteiger partial charge in [0.25, 0.3) is 0 Å². The van der Waals surface area contributed by atoms with Gasteiger partial charge in [-0.3, -0.25) is 4.79 Å². The van der Waals surface area contributed by atoms with E-state index in [-0.39, 0.29) is 17.4 Å². The Bertz CT molecular complexity index is 426. The Hall–Kier alpha value is -1.30. The molecule has 2 rings (SSSR count). The van der Waals surface area contributed by atoms with E-state index in [2.05, 4.69) is 0 Å². The average Bonchev–Trinajstić information content (AvgIpc) is 3.17. The molecule has 0 radical (unpaired) electrons. The lowest BCUT2D eigenvalue weighted by Crippen LogP contribution is -2.50. The van der Waals surface area contributed by atoms with Crippen molar-refractivity contribution in [1.29, 1.82) is 0 Å². The first-order valence-electron chi connectivity index (χ1n) is 7.62. The smallest absolute Gasteiger partial charge is 0.410 e. The van der Waals surface area contributed by atoms with Crippen molar-refractivity contribution >= 4 is 12.1 Å². The number of carboxylic acid groups (broad SMARTS) is 1. The Morgan fingerprint density at radius 1 is 1.38 bits per heavy atom. The van der Waals surface area contributed by atoms with Gasteiger partial charge in [-0.15, -0.1) is 0 Å². The summed E-state index contributed by atoms with van der Waals surface area (Å²) in [7, 11) is 0. The van der Waals surface area contributed by atoms with Gasteiger partial charge in [0.05, 0.1) is 0 Å². The third-order valence-corrected chi connectivity index (χ3v) is 4.60. The second-order valence-corrected chi connectivity index (χ2v) is 7.31. The van der Waals surface area contributed by atoms with E-state index in [0.29, 0.717) is 13.1 Å². The molecule has 0 spiro atoms. The topological polar surface area (TPSA) is 92.9 Å². The summed E-state index contributed by atoms with van der Waals surface area (Å²) in [6, 6.07) is -0.832. The molecule has 0 aromatic carbocycles. The van der Waals surface area contributed by atoms with Crippen LogP contribution in [-0.4, -0.2) is 46.8 Å². The van der Waals surface area contributed by atoms with Crippen molar-refractivity contribution in [1.82, 2.24) is 4.90 Å². The van der Waals surface area contributed by atoms with Gasteiger partial charge in [-0.2, -0.15) is 0 Å². The summed E-state index contributed by atoms with van der Waals surface area (Å²) in [6.07, 6.45) is 3.17. The van der Waals surface area contributed by atoms with Crippen LogP contribution in [0.4, 0.5) is 4.79 Å². The molecule has 0 aromatic heterocycles. The van der Waals surface area contributed by atoms with Crippen LogP contribution in [0.15, 0.2) is 0 Å². The van der Waals surface area contributed by atoms with Crippen LogP contribution in [0.2, 0.25) is 0 Å². The zero-order valence-electron chi connectivity index (χ0n) is 13.1. The number of piperidine rings is 1. The molecular weight excluding hydrogens is 272 g/mol. The third kappa shape index (κ3) is 3.48. The maximum Gasteiger partial charge on any atom is 0.410 e. The molecule has 1 aliphatic carbocycles. The van der Waals surface area contributed by atoms with Crippen LogP contribution in [0.5, 0.6) is 0 Å². The van der Waals surface area contributed by atoms with Crippen LogP contribution < -0.4 is 5.73 Å². The summed E-state index contributed by atoms with van der Waals surface area (Å²) in [4.78, 5) is 25.1. The molecule has 1 heterocycles. The molecule has 120 valence electrons. The number of nitrogens with two attached hydrogens (primary N) is 1. The van der Waals surface area contributed by atoms with Crippen molar-refractivity contribution < 1.29 is 19.4 Å². The fraction of sp³-hybridized carbons (Fsp3) is 0.867. The maximum absolute atomic E-state index is 12.2. The fourth-order valence-electron chi connectivity index (χ4n) is 3.30. The van der Waals surface area contributed by atoms with Gasteiger partial charge in [0.15, 0.2) is 0 Å². The summed E-state index contributed by atoms with van der Waals surface area (Å²) >= 11 is 0. The zero-order chi connectivity index (χ0) is 15.8. The molecule has 2 fully saturated rings. The van der Waals surface area contributed by atoms with E-state index in [1.807, 2.05) is 20.8 Å². The number of rotatable bonds is 3. The lowest BCUT2D eigenvalue weighted by atomic mass is 9.78. The van der Waals surface area contributed by atoms with Crippen LogP contribution >= 0.6 is 0 Å². The number of amides is 1. The number of hydrogen-bond acceptors (Lipinski definition) is 4. The second kappa shape index (κ2) is 5.48. The van der Waals surface area contributed by atoms with Crippen molar-refractivity contribution in [3.8, 4) is 0 Å². The average molecular weight is 298 g/mol. The van der Waals surface area contributed by atoms with Crippen LogP contribution in [-0.2, 0) is 9.53 Å². The molecular formula is C15H26N2O4. The van der Waals surface area contributed by atoms with Crippen molar-refractivity contribution in [3.63, 3.8) is 0 Å². The van der Waals surface area contributed by atoms with Gasteiger partial charge in [-0.25, -0.2) is 4.79 Å². The predicted octanol–water partition coefficient (Wildman–Crippen LogP) is 1.83. The number of carbonyl (C=O) groups excluding carboxylic acids is 1. The van der Waals surface area contributed by atoms with E-state index in [9.17, 15) is 14.7 Å². The van der Waals surface area contributed by atoms with Crippen molar-refractivity contribution in [2.75, 3.05) is 13.1 Å². The Kier molecular flexibility index (Phi) is 4.19. The minimum absolute atomic E-state index is 0.157. The molecule has 2 unspecified atom stereocenters. The molecule has 1 saturated carbocycles. The molecule has 1 amide bonds. The SMILES string of the molecule is CC(C)(C)OC(=O)N1CCCC(C2(C(N)C(=O)O)CC2)C1. The van der Waals surface area contributed by atoms with E-state index in [1.54, 1.807) is 4.90 Å². The molecule has 2 aliphatic rings. The number of likely N-dealkylation sites (tertiary alicyclic amines) is 1. The van der Waals surface area contributed by atoms with Crippen LogP contribution in [0.3, 0.4) is 0 Å². The Morgan fingerprint density at radius 3 is 2.48 bits per heavy atom. The molecule has 1 saturated heterocycles. The molecule has 1 aliphatic heterocycles. The van der Waals surface area contributed by atoms with Crippen molar-refractivity contribution in [3.05, 3.63) is 0 Å². The second-order valence-electron chi connectivity index (χ2n) is 7.31. The summed E-state index contributed by atoms with van der Waals surface area (Å²) in [5, 5.41) is 9.19. The number of nitrogens with zero attached hydrogens (tertiary/aromatic N) is 1. The summed E-state index contributed by atoms with van der Waals surface area (Å²) in [6.45, 7) is 6.75. The van der Waals surface area contributed by atoms with E-state index >= 15 is 0 Å². The zero-order valence-corrected chi connectivity index (χ0v) is 13.1. The van der Waals surface area contributed by atoms with Crippen molar-refractivity contribution in [2.24, 2.45) is 17.1 Å². The van der Waals surface area contributed by atoms with Crippen LogP contribution in [0, 0.1) is 11.3 Å². The lowest BCUT2D eigenvalue weighted by molar-refractivity contribution is -0.141. The highest BCUT2D eigenvalue weighted by Crippen LogP contribution is 2.56. The van der Waals surface area contributed by atoms with E-state index in [4.69, 9.17) is 10.5 Å². The predicted molar refractivity (Wildman–Crippen MR) is 77.8 cm³/mol. The first-order chi connectivity index (χ1) is 9.66. The number of carbonyl (C=O) groups is 2. The van der Waals surface area contributed by atoms with Crippen molar-refractivity contribution in [2.45, 2.75) is 58.1 Å². The Labute approximate surface area is 125 Å². The normalized spacial score (nSPS) is 26.1. The molecule has 0 bridgehead atoms. The molecule has 0 aromatic rings. The standard InChI is InChI=1S/C15H26N2O4/c1-14(2,3)21-13(20)17-8-4-5-10(9-17)15(6-7-15)11(16)12(18)19/h10-11H,4-9,16H2,1-3H3,(H,18,19). The number of hydrogen-bond donors (Lipinski definition) is 2. The number of ether oxygens (including phenoxy) is 1. The molecule has 6 heteroatoms. The quantitative estimate of drug-likeness (QED) is 0.829. The molecule has 3 N–H and O–H groups in total. The largest absolute Gasteiger partial charge is 0.480 e. The van der Waals surface area contributed by atoms with E-state index in [0.717, 1.165) is 25.7 Å². The maximum atomic E-state index is 12.2. The molecule has 2 atom stereocenters. The van der Waals surface area contributed by atoms with Gasteiger partial charge in [0.2, 0.25) is 0 Å². The monoisotopic (exact) mass is 298 g/mol. The van der Waals surface area contributed by atoms with Crippen LogP contribution in [0.1, 0.15) is 46.5 Å².